The van der Waals surface area contributed by atoms with Crippen molar-refractivity contribution in [1.29, 1.82) is 0 Å². The van der Waals surface area contributed by atoms with Crippen LogP contribution in [0.15, 0.2) is 54.6 Å². The minimum Gasteiger partial charge on any atom is -0.484 e. The lowest BCUT2D eigenvalue weighted by molar-refractivity contribution is -0.137. The summed E-state index contributed by atoms with van der Waals surface area (Å²) in [6, 6.07) is 11.3. The fraction of sp³-hybridized carbons (Fsp3) is 0.211. The van der Waals surface area contributed by atoms with Gasteiger partial charge in [0.2, 0.25) is 0 Å². The monoisotopic (exact) mass is 409 g/mol. The maximum Gasteiger partial charge on any atom is 0.416 e. The molecule has 0 bridgehead atoms. The number of hydrazine groups is 1. The Bertz CT molecular complexity index is 873. The van der Waals surface area contributed by atoms with Crippen molar-refractivity contribution in [3.63, 3.8) is 0 Å². The van der Waals surface area contributed by atoms with Gasteiger partial charge >= 0.3 is 6.18 Å². The zero-order chi connectivity index (χ0) is 21.4. The Morgan fingerprint density at radius 2 is 1.69 bits per heavy atom. The highest BCUT2D eigenvalue weighted by atomic mass is 19.4. The van der Waals surface area contributed by atoms with E-state index in [0.29, 0.717) is 5.56 Å². The predicted octanol–water partition coefficient (Wildman–Crippen LogP) is 2.05. The van der Waals surface area contributed by atoms with Crippen molar-refractivity contribution in [1.82, 2.24) is 16.2 Å². The molecule has 0 aromatic heterocycles. The van der Waals surface area contributed by atoms with Crippen molar-refractivity contribution < 1.29 is 32.3 Å². The highest BCUT2D eigenvalue weighted by Gasteiger charge is 2.30. The van der Waals surface area contributed by atoms with Gasteiger partial charge in [-0.15, -0.1) is 0 Å². The first-order valence-electron chi connectivity index (χ1n) is 8.41. The van der Waals surface area contributed by atoms with Gasteiger partial charge in [-0.05, 0) is 37.3 Å². The predicted molar refractivity (Wildman–Crippen MR) is 96.6 cm³/mol. The number of amides is 3. The van der Waals surface area contributed by atoms with E-state index >= 15 is 0 Å². The maximum atomic E-state index is 12.6. The lowest BCUT2D eigenvalue weighted by Crippen LogP contribution is -2.51. The first-order chi connectivity index (χ1) is 13.7. The number of hydrogen-bond acceptors (Lipinski definition) is 4. The highest BCUT2D eigenvalue weighted by molar-refractivity contribution is 5.97. The first kappa shape index (κ1) is 21.7. The van der Waals surface area contributed by atoms with Crippen LogP contribution in [0.1, 0.15) is 22.8 Å². The van der Waals surface area contributed by atoms with Crippen LogP contribution in [0.2, 0.25) is 0 Å². The van der Waals surface area contributed by atoms with Crippen molar-refractivity contribution in [2.24, 2.45) is 0 Å². The second-order valence-corrected chi connectivity index (χ2v) is 5.91. The molecule has 0 fully saturated rings. The van der Waals surface area contributed by atoms with Crippen molar-refractivity contribution in [3.05, 3.63) is 65.7 Å². The van der Waals surface area contributed by atoms with E-state index in [-0.39, 0.29) is 5.75 Å². The van der Waals surface area contributed by atoms with Gasteiger partial charge in [0.25, 0.3) is 17.7 Å². The first-order valence-corrected chi connectivity index (χ1v) is 8.41. The van der Waals surface area contributed by atoms with Gasteiger partial charge in [-0.2, -0.15) is 13.2 Å². The van der Waals surface area contributed by atoms with Gasteiger partial charge in [0, 0.05) is 5.56 Å². The van der Waals surface area contributed by atoms with Gasteiger partial charge in [0.1, 0.15) is 11.8 Å². The Kier molecular flexibility index (Phi) is 7.18. The molecule has 2 aromatic carbocycles. The number of benzene rings is 2. The second kappa shape index (κ2) is 9.58. The average molecular weight is 409 g/mol. The molecule has 1 unspecified atom stereocenters. The number of alkyl halides is 3. The number of hydrogen-bond donors (Lipinski definition) is 3. The van der Waals surface area contributed by atoms with Gasteiger partial charge in [0.15, 0.2) is 6.61 Å². The molecule has 10 heteroatoms. The highest BCUT2D eigenvalue weighted by Crippen LogP contribution is 2.31. The molecule has 0 saturated heterocycles. The van der Waals surface area contributed by atoms with Gasteiger partial charge in [-0.1, -0.05) is 24.3 Å². The summed E-state index contributed by atoms with van der Waals surface area (Å²) in [4.78, 5) is 35.6. The van der Waals surface area contributed by atoms with Crippen molar-refractivity contribution >= 4 is 17.7 Å². The summed E-state index contributed by atoms with van der Waals surface area (Å²) in [7, 11) is 0. The van der Waals surface area contributed by atoms with Gasteiger partial charge < -0.3 is 10.1 Å². The van der Waals surface area contributed by atoms with Crippen LogP contribution in [-0.2, 0) is 15.8 Å². The van der Waals surface area contributed by atoms with E-state index in [0.717, 1.165) is 18.2 Å². The Morgan fingerprint density at radius 3 is 2.34 bits per heavy atom. The van der Waals surface area contributed by atoms with Gasteiger partial charge in [-0.3, -0.25) is 25.2 Å². The lowest BCUT2D eigenvalue weighted by atomic mass is 10.2. The number of carbonyl (C=O) groups is 3. The summed E-state index contributed by atoms with van der Waals surface area (Å²) in [6.45, 7) is 0.799. The summed E-state index contributed by atoms with van der Waals surface area (Å²) in [5.41, 5.74) is 3.61. The Morgan fingerprint density at radius 1 is 1.00 bits per heavy atom. The third kappa shape index (κ3) is 6.83. The van der Waals surface area contributed by atoms with Crippen LogP contribution < -0.4 is 20.9 Å². The summed E-state index contributed by atoms with van der Waals surface area (Å²) in [5.74, 6) is -2.10. The standard InChI is InChI=1S/C19H18F3N3O4/c1-12(23-18(28)13-6-3-2-4-7-13)17(27)25-24-16(26)11-29-15-9-5-8-14(10-15)19(20,21)22/h2-10,12H,11H2,1H3,(H,23,28)(H,24,26)(H,25,27). The fourth-order valence-corrected chi connectivity index (χ4v) is 2.12. The molecule has 0 aliphatic heterocycles. The van der Waals surface area contributed by atoms with Crippen LogP contribution in [0, 0.1) is 0 Å². The largest absolute Gasteiger partial charge is 0.484 e. The van der Waals surface area contributed by atoms with Crippen molar-refractivity contribution in [3.8, 4) is 5.75 Å². The topological polar surface area (TPSA) is 96.5 Å². The Balaban J connectivity index is 1.77. The summed E-state index contributed by atoms with van der Waals surface area (Å²) in [6.07, 6.45) is -4.53. The number of nitrogens with one attached hydrogen (secondary N) is 3. The molecule has 3 N–H and O–H groups in total. The normalized spacial score (nSPS) is 11.9. The molecular weight excluding hydrogens is 391 g/mol. The molecule has 154 valence electrons. The zero-order valence-electron chi connectivity index (χ0n) is 15.2. The molecule has 0 aliphatic rings. The van der Waals surface area contributed by atoms with E-state index in [1.807, 2.05) is 0 Å². The fourth-order valence-electron chi connectivity index (χ4n) is 2.12. The third-order valence-electron chi connectivity index (χ3n) is 3.63. The molecule has 0 spiro atoms. The molecule has 2 rings (SSSR count). The molecule has 0 aliphatic carbocycles. The van der Waals surface area contributed by atoms with Crippen LogP contribution >= 0.6 is 0 Å². The van der Waals surface area contributed by atoms with E-state index in [1.165, 1.54) is 13.0 Å². The molecule has 0 saturated carbocycles. The average Bonchev–Trinajstić information content (AvgIpc) is 2.70. The number of rotatable bonds is 6. The van der Waals surface area contributed by atoms with Crippen LogP contribution in [0.5, 0.6) is 5.75 Å². The van der Waals surface area contributed by atoms with Crippen molar-refractivity contribution in [2.75, 3.05) is 6.61 Å². The Hall–Kier alpha value is -3.56. The molecular formula is C19H18F3N3O4. The smallest absolute Gasteiger partial charge is 0.416 e. The van der Waals surface area contributed by atoms with E-state index in [1.54, 1.807) is 30.3 Å². The number of ether oxygens (including phenoxy) is 1. The van der Waals surface area contributed by atoms with Crippen LogP contribution in [0.4, 0.5) is 13.2 Å². The van der Waals surface area contributed by atoms with Gasteiger partial charge in [-0.25, -0.2) is 0 Å². The Labute approximate surface area is 164 Å². The van der Waals surface area contributed by atoms with E-state index in [9.17, 15) is 27.6 Å². The van der Waals surface area contributed by atoms with E-state index in [4.69, 9.17) is 4.74 Å². The van der Waals surface area contributed by atoms with E-state index in [2.05, 4.69) is 16.2 Å². The van der Waals surface area contributed by atoms with Crippen LogP contribution in [0.25, 0.3) is 0 Å². The molecule has 7 nitrogen and oxygen atoms in total. The second-order valence-electron chi connectivity index (χ2n) is 5.91. The molecule has 29 heavy (non-hydrogen) atoms. The van der Waals surface area contributed by atoms with Crippen molar-refractivity contribution in [2.45, 2.75) is 19.1 Å². The molecule has 0 radical (unpaired) electrons. The molecule has 0 heterocycles. The molecule has 2 aromatic rings. The number of carbonyl (C=O) groups excluding carboxylic acids is 3. The molecule has 1 atom stereocenters. The summed E-state index contributed by atoms with van der Waals surface area (Å²) < 4.78 is 42.9. The zero-order valence-corrected chi connectivity index (χ0v) is 15.2. The minimum atomic E-state index is -4.53. The van der Waals surface area contributed by atoms with Gasteiger partial charge in [0.05, 0.1) is 5.56 Å². The SMILES string of the molecule is CC(NC(=O)c1ccccc1)C(=O)NNC(=O)COc1cccc(C(F)(F)F)c1. The molecule has 3 amide bonds. The summed E-state index contributed by atoms with van der Waals surface area (Å²) in [5, 5.41) is 2.46. The summed E-state index contributed by atoms with van der Waals surface area (Å²) >= 11 is 0. The van der Waals surface area contributed by atoms with Crippen LogP contribution in [-0.4, -0.2) is 30.4 Å². The van der Waals surface area contributed by atoms with E-state index < -0.39 is 42.1 Å². The third-order valence-corrected chi connectivity index (χ3v) is 3.63. The number of halogens is 3. The maximum absolute atomic E-state index is 12.6. The lowest BCUT2D eigenvalue weighted by Gasteiger charge is -2.15. The van der Waals surface area contributed by atoms with Crippen LogP contribution in [0.3, 0.4) is 0 Å². The minimum absolute atomic E-state index is 0.148. The quantitative estimate of drug-likeness (QED) is 0.637.